The van der Waals surface area contributed by atoms with E-state index in [1.54, 1.807) is 12.4 Å². The van der Waals surface area contributed by atoms with Gasteiger partial charge in [-0.15, -0.1) is 0 Å². The lowest BCUT2D eigenvalue weighted by Crippen LogP contribution is -2.37. The van der Waals surface area contributed by atoms with E-state index < -0.39 is 0 Å². The molecule has 0 unspecified atom stereocenters. The van der Waals surface area contributed by atoms with Crippen molar-refractivity contribution in [3.8, 4) is 11.4 Å². The van der Waals surface area contributed by atoms with Crippen LogP contribution in [0.25, 0.3) is 33.6 Å². The number of H-pyrrole nitrogens is 1. The molecule has 0 saturated carbocycles. The van der Waals surface area contributed by atoms with Gasteiger partial charge in [-0.2, -0.15) is 10.1 Å². The zero-order valence-corrected chi connectivity index (χ0v) is 17.4. The first-order valence-electron chi connectivity index (χ1n) is 10.4. The molecule has 1 aliphatic rings. The topological polar surface area (TPSA) is 118 Å². The molecule has 10 nitrogen and oxygen atoms in total. The number of aryl methyl sites for hydroxylation is 1. The molecule has 0 aliphatic carbocycles. The molecule has 6 heterocycles. The van der Waals surface area contributed by atoms with Crippen LogP contribution in [0.1, 0.15) is 5.56 Å². The van der Waals surface area contributed by atoms with Crippen LogP contribution in [0.3, 0.4) is 0 Å². The smallest absolute Gasteiger partial charge is 0.231 e. The van der Waals surface area contributed by atoms with E-state index in [4.69, 9.17) is 19.1 Å². The molecule has 2 N–H and O–H groups in total. The van der Waals surface area contributed by atoms with Crippen LogP contribution in [0.2, 0.25) is 0 Å². The lowest BCUT2D eigenvalue weighted by molar-refractivity contribution is 0.122. The van der Waals surface area contributed by atoms with Crippen LogP contribution in [0.4, 0.5) is 17.6 Å². The van der Waals surface area contributed by atoms with E-state index >= 15 is 0 Å². The van der Waals surface area contributed by atoms with Crippen LogP contribution < -0.4 is 10.2 Å². The molecule has 0 atom stereocenters. The Morgan fingerprint density at radius 1 is 1.06 bits per heavy atom. The first-order chi connectivity index (χ1) is 15.7. The lowest BCUT2D eigenvalue weighted by atomic mass is 10.2. The summed E-state index contributed by atoms with van der Waals surface area (Å²) in [7, 11) is 0. The van der Waals surface area contributed by atoms with Gasteiger partial charge in [0.1, 0.15) is 5.52 Å². The van der Waals surface area contributed by atoms with E-state index in [1.165, 1.54) is 0 Å². The van der Waals surface area contributed by atoms with Crippen molar-refractivity contribution in [1.82, 2.24) is 30.1 Å². The highest BCUT2D eigenvalue weighted by Crippen LogP contribution is 2.34. The minimum absolute atomic E-state index is 0.431. The predicted octanol–water partition coefficient (Wildman–Crippen LogP) is 3.44. The Morgan fingerprint density at radius 2 is 1.97 bits per heavy atom. The van der Waals surface area contributed by atoms with Crippen molar-refractivity contribution in [2.24, 2.45) is 0 Å². The van der Waals surface area contributed by atoms with Crippen molar-refractivity contribution in [2.75, 3.05) is 36.5 Å². The third kappa shape index (κ3) is 3.30. The summed E-state index contributed by atoms with van der Waals surface area (Å²) in [5.41, 5.74) is 4.63. The normalized spacial score (nSPS) is 14.3. The monoisotopic (exact) mass is 428 g/mol. The second-order valence-electron chi connectivity index (χ2n) is 7.62. The fourth-order valence-corrected chi connectivity index (χ4v) is 3.82. The highest BCUT2D eigenvalue weighted by molar-refractivity contribution is 6.05. The number of hydrogen-bond donors (Lipinski definition) is 2. The molecular formula is C22H20N8O2. The number of ether oxygens (including phenoxy) is 1. The summed E-state index contributed by atoms with van der Waals surface area (Å²) in [6, 6.07) is 9.67. The summed E-state index contributed by atoms with van der Waals surface area (Å²) >= 11 is 0. The van der Waals surface area contributed by atoms with Crippen molar-refractivity contribution in [3.63, 3.8) is 0 Å². The fourth-order valence-electron chi connectivity index (χ4n) is 3.82. The average Bonchev–Trinajstić information content (AvgIpc) is 3.44. The number of aromatic nitrogens is 6. The molecule has 6 rings (SSSR count). The molecule has 32 heavy (non-hydrogen) atoms. The lowest BCUT2D eigenvalue weighted by Gasteiger charge is -2.27. The van der Waals surface area contributed by atoms with Crippen molar-refractivity contribution in [1.29, 1.82) is 0 Å². The van der Waals surface area contributed by atoms with E-state index in [2.05, 4.69) is 30.4 Å². The first kappa shape index (κ1) is 18.7. The van der Waals surface area contributed by atoms with Gasteiger partial charge in [-0.1, -0.05) is 0 Å². The molecule has 0 bridgehead atoms. The first-order valence-corrected chi connectivity index (χ1v) is 10.4. The molecule has 160 valence electrons. The minimum atomic E-state index is 0.431. The van der Waals surface area contributed by atoms with Gasteiger partial charge in [0.15, 0.2) is 17.2 Å². The second-order valence-corrected chi connectivity index (χ2v) is 7.62. The summed E-state index contributed by atoms with van der Waals surface area (Å²) in [4.78, 5) is 20.4. The minimum Gasteiger partial charge on any atom is -0.432 e. The number of furan rings is 1. The van der Waals surface area contributed by atoms with Crippen LogP contribution in [0.5, 0.6) is 0 Å². The van der Waals surface area contributed by atoms with Crippen molar-refractivity contribution in [3.05, 3.63) is 48.3 Å². The summed E-state index contributed by atoms with van der Waals surface area (Å²) < 4.78 is 11.5. The fraction of sp³-hybridized carbons (Fsp3) is 0.227. The van der Waals surface area contributed by atoms with Crippen LogP contribution in [-0.2, 0) is 4.74 Å². The molecule has 1 saturated heterocycles. The van der Waals surface area contributed by atoms with Crippen LogP contribution >= 0.6 is 0 Å². The number of nitrogens with zero attached hydrogens (tertiary/aromatic N) is 6. The number of pyridine rings is 2. The van der Waals surface area contributed by atoms with Crippen LogP contribution in [0.15, 0.2) is 47.1 Å². The van der Waals surface area contributed by atoms with E-state index in [0.29, 0.717) is 41.8 Å². The number of nitrogens with one attached hydrogen (secondary N) is 2. The number of fused-ring (bicyclic) bond motifs is 3. The van der Waals surface area contributed by atoms with Gasteiger partial charge in [0, 0.05) is 31.5 Å². The van der Waals surface area contributed by atoms with E-state index in [1.807, 2.05) is 37.3 Å². The maximum atomic E-state index is 6.04. The van der Waals surface area contributed by atoms with Gasteiger partial charge >= 0.3 is 0 Å². The second kappa shape index (κ2) is 7.57. The zero-order valence-electron chi connectivity index (χ0n) is 17.4. The van der Waals surface area contributed by atoms with Crippen LogP contribution in [-0.4, -0.2) is 56.4 Å². The van der Waals surface area contributed by atoms with Gasteiger partial charge in [0.2, 0.25) is 11.7 Å². The van der Waals surface area contributed by atoms with Gasteiger partial charge in [-0.3, -0.25) is 10.1 Å². The molecule has 1 aliphatic heterocycles. The Kier molecular flexibility index (Phi) is 4.43. The summed E-state index contributed by atoms with van der Waals surface area (Å²) in [5, 5.41) is 11.5. The summed E-state index contributed by atoms with van der Waals surface area (Å²) in [5.74, 6) is 1.75. The molecule has 0 aromatic carbocycles. The van der Waals surface area contributed by atoms with E-state index in [-0.39, 0.29) is 0 Å². The molecular weight excluding hydrogens is 408 g/mol. The Hall–Kier alpha value is -4.05. The van der Waals surface area contributed by atoms with Crippen molar-refractivity contribution < 1.29 is 9.15 Å². The summed E-state index contributed by atoms with van der Waals surface area (Å²) in [6.07, 6.45) is 3.48. The van der Waals surface area contributed by atoms with Gasteiger partial charge in [-0.05, 0) is 36.8 Å². The van der Waals surface area contributed by atoms with Gasteiger partial charge in [-0.25, -0.2) is 9.97 Å². The quantitative estimate of drug-likeness (QED) is 0.444. The number of rotatable bonds is 4. The number of aromatic amines is 1. The summed E-state index contributed by atoms with van der Waals surface area (Å²) in [6.45, 7) is 4.75. The van der Waals surface area contributed by atoms with Crippen LogP contribution in [0, 0.1) is 6.92 Å². The molecule has 0 spiro atoms. The number of morpholine rings is 1. The average molecular weight is 428 g/mol. The highest BCUT2D eigenvalue weighted by Gasteiger charge is 2.22. The SMILES string of the molecule is Cc1ccnc(-c2cc(Nc3nc(N4CCOCC4)c4oc5ncccc5c4n3)n[nH]2)c1. The van der Waals surface area contributed by atoms with Gasteiger partial charge in [0.05, 0.1) is 30.0 Å². The third-order valence-electron chi connectivity index (χ3n) is 5.39. The molecule has 1 fully saturated rings. The maximum Gasteiger partial charge on any atom is 0.231 e. The molecule has 10 heteroatoms. The maximum absolute atomic E-state index is 6.04. The largest absolute Gasteiger partial charge is 0.432 e. The van der Waals surface area contributed by atoms with Crippen molar-refractivity contribution >= 4 is 39.8 Å². The Morgan fingerprint density at radius 3 is 2.84 bits per heavy atom. The highest BCUT2D eigenvalue weighted by atomic mass is 16.5. The molecule has 5 aromatic heterocycles. The Bertz CT molecular complexity index is 1420. The Balaban J connectivity index is 1.41. The van der Waals surface area contributed by atoms with Crippen molar-refractivity contribution in [2.45, 2.75) is 6.92 Å². The van der Waals surface area contributed by atoms with Gasteiger partial charge < -0.3 is 19.4 Å². The van der Waals surface area contributed by atoms with Gasteiger partial charge in [0.25, 0.3) is 0 Å². The zero-order chi connectivity index (χ0) is 21.5. The van der Waals surface area contributed by atoms with E-state index in [0.717, 1.165) is 41.2 Å². The molecule has 0 radical (unpaired) electrons. The standard InChI is InChI=1S/C22H20N8O2/c1-13-4-6-23-15(11-13)16-12-17(29-28-16)25-22-26-18-14-3-2-5-24-21(14)32-19(18)20(27-22)30-7-9-31-10-8-30/h2-6,11-12H,7-10H2,1H3,(H2,25,26,27,28,29). The Labute approximate surface area is 182 Å². The number of anilines is 3. The third-order valence-corrected chi connectivity index (χ3v) is 5.39. The number of hydrogen-bond acceptors (Lipinski definition) is 9. The van der Waals surface area contributed by atoms with E-state index in [9.17, 15) is 0 Å². The predicted molar refractivity (Wildman–Crippen MR) is 120 cm³/mol. The molecule has 0 amide bonds. The molecule has 5 aromatic rings.